The number of hydrogen-bond donors (Lipinski definition) is 0. The van der Waals surface area contributed by atoms with E-state index in [1.54, 1.807) is 0 Å². The Morgan fingerprint density at radius 3 is 1.45 bits per heavy atom. The minimum atomic E-state index is -8.39. The van der Waals surface area contributed by atoms with Gasteiger partial charge < -0.3 is 4.52 Å². The van der Waals surface area contributed by atoms with Crippen molar-refractivity contribution >= 4 is 0 Å². The van der Waals surface area contributed by atoms with Crippen molar-refractivity contribution in [2.24, 2.45) is 0 Å². The van der Waals surface area contributed by atoms with E-state index in [4.69, 9.17) is 0 Å². The van der Waals surface area contributed by atoms with Gasteiger partial charge in [-0.25, -0.2) is 0 Å². The first-order chi connectivity index (χ1) is 14.6. The molecule has 0 atom stereocenters. The predicted octanol–water partition coefficient (Wildman–Crippen LogP) is 5.96. The number of pyridine rings is 1. The van der Waals surface area contributed by atoms with Crippen molar-refractivity contribution in [3.8, 4) is 11.4 Å². The Balaban J connectivity index is 2.57. The van der Waals surface area contributed by atoms with E-state index in [0.29, 0.717) is 0 Å². The van der Waals surface area contributed by atoms with Gasteiger partial charge in [0.05, 0.1) is 0 Å². The largest absolute Gasteiger partial charge is 0.460 e. The van der Waals surface area contributed by atoms with Gasteiger partial charge in [0.2, 0.25) is 5.82 Å². The number of halogens is 15. The maximum absolute atomic E-state index is 14.0. The van der Waals surface area contributed by atoms with Gasteiger partial charge in [0.1, 0.15) is 0 Å². The fraction of sp³-hybridized carbons (Fsp3) is 0.500. The third-order valence-electron chi connectivity index (χ3n) is 3.96. The van der Waals surface area contributed by atoms with Crippen LogP contribution in [0.15, 0.2) is 29.0 Å². The molecular weight excluding hydrogens is 511 g/mol. The van der Waals surface area contributed by atoms with Gasteiger partial charge in [0.25, 0.3) is 0 Å². The van der Waals surface area contributed by atoms with Crippen molar-refractivity contribution in [1.29, 1.82) is 0 Å². The summed E-state index contributed by atoms with van der Waals surface area (Å²) in [6, 6.07) is 1.85. The quantitative estimate of drug-likeness (QED) is 0.427. The molecule has 0 fully saturated rings. The molecule has 33 heavy (non-hydrogen) atoms. The highest BCUT2D eigenvalue weighted by molar-refractivity contribution is 5.52. The Bertz CT molecular complexity index is 983. The van der Waals surface area contributed by atoms with E-state index in [0.717, 1.165) is 24.5 Å². The van der Waals surface area contributed by atoms with Crippen molar-refractivity contribution in [3.05, 3.63) is 30.4 Å². The Morgan fingerprint density at radius 1 is 0.576 bits per heavy atom. The third kappa shape index (κ3) is 3.54. The van der Waals surface area contributed by atoms with Crippen LogP contribution in [-0.4, -0.2) is 50.9 Å². The smallest absolute Gasteiger partial charge is 0.332 e. The maximum Gasteiger partial charge on any atom is 0.460 e. The first kappa shape index (κ1) is 26.5. The van der Waals surface area contributed by atoms with Crippen LogP contribution in [0, 0.1) is 0 Å². The Morgan fingerprint density at radius 2 is 1.00 bits per heavy atom. The van der Waals surface area contributed by atoms with E-state index in [2.05, 4.69) is 19.6 Å². The number of alkyl halides is 15. The van der Waals surface area contributed by atoms with Crippen LogP contribution < -0.4 is 0 Å². The first-order valence-corrected chi connectivity index (χ1v) is 7.65. The average Bonchev–Trinajstić information content (AvgIpc) is 3.18. The molecule has 0 bridgehead atoms. The molecule has 19 heteroatoms. The summed E-state index contributed by atoms with van der Waals surface area (Å²) < 4.78 is 201. The fourth-order valence-electron chi connectivity index (χ4n) is 2.07. The number of nitrogens with zero attached hydrogens (tertiary/aromatic N) is 3. The molecule has 0 radical (unpaired) electrons. The van der Waals surface area contributed by atoms with Crippen molar-refractivity contribution in [1.82, 2.24) is 15.1 Å². The molecule has 2 aromatic heterocycles. The van der Waals surface area contributed by atoms with Crippen LogP contribution in [0.1, 0.15) is 5.89 Å². The second kappa shape index (κ2) is 7.37. The van der Waals surface area contributed by atoms with Crippen molar-refractivity contribution in [2.75, 3.05) is 0 Å². The molecule has 0 aliphatic rings. The zero-order valence-corrected chi connectivity index (χ0v) is 14.7. The Labute approximate surface area is 170 Å². The van der Waals surface area contributed by atoms with Crippen LogP contribution in [0.25, 0.3) is 11.4 Å². The summed E-state index contributed by atoms with van der Waals surface area (Å²) in [7, 11) is 0. The molecular formula is C14H4F15N3O. The molecule has 2 rings (SSSR count). The first-order valence-electron chi connectivity index (χ1n) is 7.65. The van der Waals surface area contributed by atoms with Gasteiger partial charge in [0, 0.05) is 18.0 Å². The predicted molar refractivity (Wildman–Crippen MR) is 72.2 cm³/mol. The van der Waals surface area contributed by atoms with Crippen LogP contribution in [0.5, 0.6) is 0 Å². The number of aromatic nitrogens is 3. The standard InChI is InChI=1S/C14H4F15N3O/c15-8(16,7-31-6(32-33-7)5-1-3-30-4-2-5)9(17,18)10(19,20)11(21,22)12(23,24)13(25,26)14(27,28)29/h1-4H. The van der Waals surface area contributed by atoms with Crippen molar-refractivity contribution < 1.29 is 70.4 Å². The van der Waals surface area contributed by atoms with Gasteiger partial charge >= 0.3 is 47.6 Å². The van der Waals surface area contributed by atoms with Gasteiger partial charge in [-0.15, -0.1) is 0 Å². The molecule has 0 aliphatic heterocycles. The van der Waals surface area contributed by atoms with E-state index in [9.17, 15) is 65.9 Å². The molecule has 0 spiro atoms. The van der Waals surface area contributed by atoms with E-state index < -0.39 is 53.4 Å². The van der Waals surface area contributed by atoms with Crippen LogP contribution in [-0.2, 0) is 5.92 Å². The normalized spacial score (nSPS) is 15.1. The second-order valence-electron chi connectivity index (χ2n) is 6.10. The molecule has 0 aliphatic carbocycles. The fourth-order valence-corrected chi connectivity index (χ4v) is 2.07. The lowest BCUT2D eigenvalue weighted by Gasteiger charge is -2.40. The van der Waals surface area contributed by atoms with Crippen molar-refractivity contribution in [3.63, 3.8) is 0 Å². The van der Waals surface area contributed by atoms with Gasteiger partial charge in [0.15, 0.2) is 0 Å². The highest BCUT2D eigenvalue weighted by Gasteiger charge is 2.94. The zero-order chi connectivity index (χ0) is 25.9. The lowest BCUT2D eigenvalue weighted by Crippen LogP contribution is -2.72. The Kier molecular flexibility index (Phi) is 5.92. The minimum Gasteiger partial charge on any atom is -0.332 e. The lowest BCUT2D eigenvalue weighted by molar-refractivity contribution is -0.454. The highest BCUT2D eigenvalue weighted by atomic mass is 19.4. The maximum atomic E-state index is 14.0. The average molecular weight is 515 g/mol. The molecule has 0 unspecified atom stereocenters. The lowest BCUT2D eigenvalue weighted by atomic mass is 9.91. The monoisotopic (exact) mass is 515 g/mol. The van der Waals surface area contributed by atoms with Crippen LogP contribution in [0.4, 0.5) is 65.9 Å². The van der Waals surface area contributed by atoms with Crippen LogP contribution in [0.2, 0.25) is 0 Å². The van der Waals surface area contributed by atoms with Crippen LogP contribution in [0.3, 0.4) is 0 Å². The van der Waals surface area contributed by atoms with Gasteiger partial charge in [-0.3, -0.25) is 4.98 Å². The van der Waals surface area contributed by atoms with Crippen LogP contribution >= 0.6 is 0 Å². The highest BCUT2D eigenvalue weighted by Crippen LogP contribution is 2.63. The molecule has 4 nitrogen and oxygen atoms in total. The summed E-state index contributed by atoms with van der Waals surface area (Å²) in [5, 5.41) is 2.65. The molecule has 186 valence electrons. The SMILES string of the molecule is FC(F)(F)C(F)(F)C(F)(F)C(F)(F)C(F)(F)C(F)(F)C(F)(F)c1nc(-c2ccncc2)no1. The molecule has 0 aromatic carbocycles. The third-order valence-corrected chi connectivity index (χ3v) is 3.96. The molecule has 0 saturated carbocycles. The van der Waals surface area contributed by atoms with E-state index in [1.807, 2.05) is 0 Å². The topological polar surface area (TPSA) is 51.8 Å². The van der Waals surface area contributed by atoms with Gasteiger partial charge in [-0.1, -0.05) is 5.16 Å². The number of rotatable bonds is 7. The summed E-state index contributed by atoms with van der Waals surface area (Å²) in [6.07, 6.45) is -5.76. The molecule has 0 amide bonds. The van der Waals surface area contributed by atoms with E-state index in [-0.39, 0.29) is 5.56 Å². The molecule has 2 aromatic rings. The van der Waals surface area contributed by atoms with Gasteiger partial charge in [-0.2, -0.15) is 70.8 Å². The number of hydrogen-bond acceptors (Lipinski definition) is 4. The van der Waals surface area contributed by atoms with E-state index in [1.165, 1.54) is 0 Å². The summed E-state index contributed by atoms with van der Waals surface area (Å²) in [6.45, 7) is 0. The molecule has 2 heterocycles. The second-order valence-corrected chi connectivity index (χ2v) is 6.10. The van der Waals surface area contributed by atoms with Crippen molar-refractivity contribution in [2.45, 2.75) is 41.7 Å². The Hall–Kier alpha value is -2.76. The minimum absolute atomic E-state index is 0.340. The zero-order valence-electron chi connectivity index (χ0n) is 14.7. The molecule has 0 N–H and O–H groups in total. The summed E-state index contributed by atoms with van der Waals surface area (Å²) >= 11 is 0. The van der Waals surface area contributed by atoms with Gasteiger partial charge in [-0.05, 0) is 12.1 Å². The summed E-state index contributed by atoms with van der Waals surface area (Å²) in [4.78, 5) is 5.97. The van der Waals surface area contributed by atoms with E-state index >= 15 is 0 Å². The summed E-state index contributed by atoms with van der Waals surface area (Å²) in [5.41, 5.74) is -0.340. The molecule has 0 saturated heterocycles. The summed E-state index contributed by atoms with van der Waals surface area (Å²) in [5.74, 6) is -51.5.